The van der Waals surface area contributed by atoms with Crippen LogP contribution < -0.4 is 10.6 Å². The van der Waals surface area contributed by atoms with Gasteiger partial charge < -0.3 is 15.0 Å². The molecule has 1 heterocycles. The van der Waals surface area contributed by atoms with E-state index < -0.39 is 13.1 Å². The summed E-state index contributed by atoms with van der Waals surface area (Å²) in [5, 5.41) is 18.7. The lowest BCUT2D eigenvalue weighted by molar-refractivity contribution is 0.0696. The molecule has 0 unspecified atom stereocenters. The van der Waals surface area contributed by atoms with Crippen molar-refractivity contribution in [1.29, 1.82) is 0 Å². The summed E-state index contributed by atoms with van der Waals surface area (Å²) in [5.41, 5.74) is 7.07. The molecular weight excluding hydrogens is 593 g/mol. The van der Waals surface area contributed by atoms with Crippen LogP contribution in [-0.2, 0) is 11.1 Å². The van der Waals surface area contributed by atoms with Crippen molar-refractivity contribution >= 4 is 35.2 Å². The second-order valence-electron chi connectivity index (χ2n) is 11.9. The van der Waals surface area contributed by atoms with Gasteiger partial charge in [-0.2, -0.15) is 5.10 Å². The maximum absolute atomic E-state index is 14.1. The second-order valence-corrected chi connectivity index (χ2v) is 15.1. The van der Waals surface area contributed by atoms with Crippen LogP contribution in [0.2, 0.25) is 0 Å². The number of carbonyl (C=O) groups is 2. The first-order valence-electron chi connectivity index (χ1n) is 15.0. The van der Waals surface area contributed by atoms with Crippen LogP contribution in [-0.4, -0.2) is 40.1 Å². The first-order chi connectivity index (χ1) is 22.1. The number of hydrogen-bond acceptors (Lipinski definition) is 4. The third kappa shape index (κ3) is 6.56. The molecule has 0 saturated carbocycles. The molecule has 6 aromatic rings. The van der Waals surface area contributed by atoms with Crippen LogP contribution in [0.1, 0.15) is 44.8 Å². The molecule has 0 saturated heterocycles. The van der Waals surface area contributed by atoms with Gasteiger partial charge in [0.05, 0.1) is 35.4 Å². The third-order valence-electron chi connectivity index (χ3n) is 8.15. The Morgan fingerprint density at radius 3 is 2.17 bits per heavy atom. The molecule has 0 bridgehead atoms. The lowest BCUT2D eigenvalue weighted by atomic mass is 9.99. The van der Waals surface area contributed by atoms with Crippen molar-refractivity contribution in [1.82, 2.24) is 15.1 Å². The molecule has 7 nitrogen and oxygen atoms in total. The molecule has 5 aromatic carbocycles. The molecule has 1 aromatic heterocycles. The Balaban J connectivity index is 1.41. The summed E-state index contributed by atoms with van der Waals surface area (Å²) in [6, 6.07) is 36.1. The molecule has 0 fully saturated rings. The van der Waals surface area contributed by atoms with Crippen molar-refractivity contribution in [3.8, 4) is 22.3 Å². The van der Waals surface area contributed by atoms with Crippen LogP contribution in [0.5, 0.6) is 0 Å². The highest BCUT2D eigenvalue weighted by Gasteiger charge is 2.21. The summed E-state index contributed by atoms with van der Waals surface area (Å²) in [6.07, 6.45) is 1.78. The van der Waals surface area contributed by atoms with E-state index in [2.05, 4.69) is 35.6 Å². The van der Waals surface area contributed by atoms with E-state index in [4.69, 9.17) is 5.10 Å². The number of aromatic nitrogens is 2. The van der Waals surface area contributed by atoms with Gasteiger partial charge in [0, 0.05) is 10.7 Å². The molecule has 0 radical (unpaired) electrons. The minimum absolute atomic E-state index is 0.183. The number of nitrogens with one attached hydrogen (secondary N) is 1. The fourth-order valence-electron chi connectivity index (χ4n) is 5.64. The largest absolute Gasteiger partial charge is 0.478 e. The van der Waals surface area contributed by atoms with Crippen molar-refractivity contribution < 1.29 is 19.3 Å². The number of aromatic carboxylic acids is 1. The van der Waals surface area contributed by atoms with Crippen LogP contribution >= 0.6 is 7.14 Å². The topological polar surface area (TPSA) is 101 Å². The van der Waals surface area contributed by atoms with E-state index in [9.17, 15) is 19.3 Å². The molecule has 0 aliphatic rings. The Morgan fingerprint density at radius 1 is 0.804 bits per heavy atom. The van der Waals surface area contributed by atoms with Crippen molar-refractivity contribution in [3.63, 3.8) is 0 Å². The molecule has 0 aliphatic heterocycles. The number of amides is 1. The first kappa shape index (κ1) is 30.8. The number of carboxylic acid groups (broad SMARTS) is 1. The fraction of sp³-hybridized carbons (Fsp3) is 0.132. The quantitative estimate of drug-likeness (QED) is 0.159. The second kappa shape index (κ2) is 12.6. The van der Waals surface area contributed by atoms with Gasteiger partial charge in [0.2, 0.25) is 0 Å². The van der Waals surface area contributed by atoms with Crippen molar-refractivity contribution in [2.24, 2.45) is 0 Å². The van der Waals surface area contributed by atoms with Crippen molar-refractivity contribution in [2.45, 2.75) is 19.5 Å². The molecule has 8 heteroatoms. The number of carboxylic acids is 1. The molecule has 0 spiro atoms. The van der Waals surface area contributed by atoms with Gasteiger partial charge in [-0.25, -0.2) is 4.79 Å². The molecule has 230 valence electrons. The number of benzene rings is 5. The van der Waals surface area contributed by atoms with Gasteiger partial charge >= 0.3 is 5.97 Å². The average molecular weight is 628 g/mol. The van der Waals surface area contributed by atoms with E-state index in [0.717, 1.165) is 44.1 Å². The Hall–Kier alpha value is -5.26. The Labute approximate surface area is 267 Å². The Bertz CT molecular complexity index is 2110. The minimum Gasteiger partial charge on any atom is -0.478 e. The molecule has 1 amide bonds. The summed E-state index contributed by atoms with van der Waals surface area (Å²) in [7, 11) is -2.50. The average Bonchev–Trinajstić information content (AvgIpc) is 3.46. The molecule has 6 rings (SSSR count). The van der Waals surface area contributed by atoms with E-state index in [1.165, 1.54) is 12.1 Å². The Morgan fingerprint density at radius 2 is 1.48 bits per heavy atom. The normalized spacial score (nSPS) is 12.2. The highest BCUT2D eigenvalue weighted by Crippen LogP contribution is 2.36. The SMILES string of the molecule is C[C@H](NC(=O)c1cc(-c2cccc(P(C)(C)=O)c2)cc2cnn(Cc3cccc(-c4ccccc4)c3)c12)c1ccc(C(=O)O)cc1. The summed E-state index contributed by atoms with van der Waals surface area (Å²) in [6.45, 7) is 5.82. The van der Waals surface area contributed by atoms with Gasteiger partial charge in [-0.1, -0.05) is 78.9 Å². The number of rotatable bonds is 9. The highest BCUT2D eigenvalue weighted by atomic mass is 31.2. The summed E-state index contributed by atoms with van der Waals surface area (Å²) in [4.78, 5) is 25.4. The number of carbonyl (C=O) groups excluding carboxylic acids is 1. The van der Waals surface area contributed by atoms with Gasteiger partial charge in [-0.15, -0.1) is 0 Å². The standard InChI is InChI=1S/C38H34N3O4P/c1-25(27-15-17-29(18-16-27)38(43)44)40-37(42)35-22-32(31-13-8-14-34(21-31)46(2,3)45)20-33-23-39-41(36(33)35)24-26-9-7-12-30(19-26)28-10-5-4-6-11-28/h4-23,25H,24H2,1-3H3,(H,40,42)(H,43,44)/t25-/m0/s1. The third-order valence-corrected chi connectivity index (χ3v) is 9.67. The molecule has 2 N–H and O–H groups in total. The maximum atomic E-state index is 14.1. The minimum atomic E-state index is -2.50. The molecule has 1 atom stereocenters. The van der Waals surface area contributed by atoms with E-state index in [1.807, 2.05) is 72.3 Å². The smallest absolute Gasteiger partial charge is 0.335 e. The summed E-state index contributed by atoms with van der Waals surface area (Å²) >= 11 is 0. The van der Waals surface area contributed by atoms with Gasteiger partial charge in [-0.3, -0.25) is 9.48 Å². The lowest BCUT2D eigenvalue weighted by Crippen LogP contribution is -2.27. The maximum Gasteiger partial charge on any atom is 0.335 e. The predicted molar refractivity (Wildman–Crippen MR) is 185 cm³/mol. The lowest BCUT2D eigenvalue weighted by Gasteiger charge is -2.17. The van der Waals surface area contributed by atoms with Crippen LogP contribution in [0.15, 0.2) is 121 Å². The van der Waals surface area contributed by atoms with Gasteiger partial charge in [0.1, 0.15) is 7.14 Å². The Kier molecular flexibility index (Phi) is 8.44. The predicted octanol–water partition coefficient (Wildman–Crippen LogP) is 7.86. The van der Waals surface area contributed by atoms with E-state index in [-0.39, 0.29) is 17.5 Å². The van der Waals surface area contributed by atoms with E-state index in [0.29, 0.717) is 17.6 Å². The number of nitrogens with zero attached hydrogens (tertiary/aromatic N) is 2. The van der Waals surface area contributed by atoms with Crippen molar-refractivity contribution in [3.05, 3.63) is 144 Å². The first-order valence-corrected chi connectivity index (χ1v) is 17.6. The highest BCUT2D eigenvalue weighted by molar-refractivity contribution is 7.70. The number of fused-ring (bicyclic) bond motifs is 1. The monoisotopic (exact) mass is 627 g/mol. The van der Waals surface area contributed by atoms with Gasteiger partial charge in [0.25, 0.3) is 5.91 Å². The van der Waals surface area contributed by atoms with E-state index in [1.54, 1.807) is 31.7 Å². The number of hydrogen-bond donors (Lipinski definition) is 2. The zero-order valence-electron chi connectivity index (χ0n) is 25.8. The molecular formula is C38H34N3O4P. The van der Waals surface area contributed by atoms with Gasteiger partial charge in [0.15, 0.2) is 0 Å². The van der Waals surface area contributed by atoms with E-state index >= 15 is 0 Å². The van der Waals surface area contributed by atoms with Crippen molar-refractivity contribution in [2.75, 3.05) is 13.3 Å². The van der Waals surface area contributed by atoms with Crippen LogP contribution in [0.25, 0.3) is 33.2 Å². The molecule has 46 heavy (non-hydrogen) atoms. The summed E-state index contributed by atoms with van der Waals surface area (Å²) < 4.78 is 14.7. The fourth-order valence-corrected chi connectivity index (χ4v) is 6.53. The summed E-state index contributed by atoms with van der Waals surface area (Å²) in [5.74, 6) is -1.29. The zero-order chi connectivity index (χ0) is 32.4. The van der Waals surface area contributed by atoms with Gasteiger partial charge in [-0.05, 0) is 90.0 Å². The van der Waals surface area contributed by atoms with Crippen LogP contribution in [0.3, 0.4) is 0 Å². The van der Waals surface area contributed by atoms with Crippen LogP contribution in [0.4, 0.5) is 0 Å². The zero-order valence-corrected chi connectivity index (χ0v) is 26.7. The molecule has 0 aliphatic carbocycles. The van der Waals surface area contributed by atoms with Crippen LogP contribution in [0, 0.1) is 0 Å².